The van der Waals surface area contributed by atoms with Crippen LogP contribution in [0.1, 0.15) is 111 Å². The van der Waals surface area contributed by atoms with Gasteiger partial charge in [-0.3, -0.25) is 9.98 Å². The predicted molar refractivity (Wildman–Crippen MR) is 197 cm³/mol. The van der Waals surface area contributed by atoms with Crippen molar-refractivity contribution in [3.8, 4) is 6.01 Å². The van der Waals surface area contributed by atoms with Gasteiger partial charge in [-0.15, -0.1) is 0 Å². The lowest BCUT2D eigenvalue weighted by Gasteiger charge is -2.31. The van der Waals surface area contributed by atoms with Gasteiger partial charge in [0, 0.05) is 46.8 Å². The molecule has 0 spiro atoms. The van der Waals surface area contributed by atoms with Gasteiger partial charge in [-0.1, -0.05) is 65.9 Å². The highest BCUT2D eigenvalue weighted by Gasteiger charge is 2.31. The van der Waals surface area contributed by atoms with Crippen molar-refractivity contribution >= 4 is 44.8 Å². The highest BCUT2D eigenvalue weighted by molar-refractivity contribution is 9.12. The fourth-order valence-electron chi connectivity index (χ4n) is 5.88. The van der Waals surface area contributed by atoms with E-state index in [-0.39, 0.29) is 11.5 Å². The molecule has 0 amide bonds. The van der Waals surface area contributed by atoms with Crippen molar-refractivity contribution in [3.63, 3.8) is 0 Å². The average molecular weight is 685 g/mol. The van der Waals surface area contributed by atoms with E-state index in [9.17, 15) is 0 Å². The fourth-order valence-corrected chi connectivity index (χ4v) is 6.41. The molecule has 2 atom stereocenters. The molecule has 0 fully saturated rings. The number of hydrogen-bond donors (Lipinski definition) is 1. The Balaban J connectivity index is 2.10. The predicted octanol–water partition coefficient (Wildman–Crippen LogP) is 8.08. The van der Waals surface area contributed by atoms with Gasteiger partial charge in [0.1, 0.15) is 5.82 Å². The number of unbranched alkanes of at least 4 members (excludes halogenated alkanes) is 3. The Morgan fingerprint density at radius 3 is 2.58 bits per heavy atom. The number of aromatic nitrogens is 2. The van der Waals surface area contributed by atoms with Crippen molar-refractivity contribution in [3.05, 3.63) is 33.6 Å². The SMILES string of the molecule is C/C=C1\C(=NC(C)CC)C(Br)=Cc2nc(OCC(C)(CCCC)CCCCC)nc(N3CCCN=C(/C=C(\N)CN(C)C)C3)c21. The van der Waals surface area contributed by atoms with Gasteiger partial charge in [-0.05, 0) is 81.7 Å². The standard InChI is InChI=1S/C36H58BrN7O/c1-9-13-15-18-36(6,17-14-10-2)25-45-35-41-31-22-30(37)33(40-26(5)11-3)29(12-4)32(31)34(42-35)44-20-16-19-39-28(24-44)21-27(38)23-43(7)8/h12,21-22,26H,9-11,13-20,23-25,38H2,1-8H3/b27-21-,29-12-,40-33?. The number of aliphatic imine (C=N–C) groups is 2. The Hall–Kier alpha value is -2.52. The Kier molecular flexibility index (Phi) is 14.8. The zero-order valence-corrected chi connectivity index (χ0v) is 30.8. The van der Waals surface area contributed by atoms with Crippen molar-refractivity contribution in [2.75, 3.05) is 51.8 Å². The summed E-state index contributed by atoms with van der Waals surface area (Å²) in [6, 6.07) is 0.626. The van der Waals surface area contributed by atoms with Gasteiger partial charge in [0.25, 0.3) is 0 Å². The van der Waals surface area contributed by atoms with Crippen molar-refractivity contribution in [2.24, 2.45) is 21.1 Å². The average Bonchev–Trinajstić information content (AvgIpc) is 3.24. The van der Waals surface area contributed by atoms with Crippen LogP contribution in [0.4, 0.5) is 5.82 Å². The first-order valence-electron chi connectivity index (χ1n) is 17.1. The minimum Gasteiger partial charge on any atom is -0.463 e. The van der Waals surface area contributed by atoms with Gasteiger partial charge in [0.05, 0.1) is 35.8 Å². The van der Waals surface area contributed by atoms with Gasteiger partial charge in [-0.25, -0.2) is 0 Å². The molecule has 1 aromatic rings. The molecule has 45 heavy (non-hydrogen) atoms. The summed E-state index contributed by atoms with van der Waals surface area (Å²) in [6.45, 7) is 16.8. The normalized spacial score (nSPS) is 19.7. The minimum atomic E-state index is 0.0861. The Morgan fingerprint density at radius 2 is 1.91 bits per heavy atom. The van der Waals surface area contributed by atoms with E-state index in [1.807, 2.05) is 20.2 Å². The number of anilines is 1. The number of hydrogen-bond acceptors (Lipinski definition) is 8. The largest absolute Gasteiger partial charge is 0.463 e. The summed E-state index contributed by atoms with van der Waals surface area (Å²) >= 11 is 3.84. The molecular weight excluding hydrogens is 626 g/mol. The number of halogens is 1. The lowest BCUT2D eigenvalue weighted by Crippen LogP contribution is -2.33. The zero-order valence-electron chi connectivity index (χ0n) is 29.3. The molecular formula is C36H58BrN7O. The molecule has 1 aliphatic carbocycles. The maximum absolute atomic E-state index is 6.56. The molecule has 2 aliphatic rings. The highest BCUT2D eigenvalue weighted by atomic mass is 79.9. The Bertz CT molecular complexity index is 1280. The molecule has 0 radical (unpaired) electrons. The molecule has 3 rings (SSSR count). The zero-order chi connectivity index (χ0) is 33.0. The number of ether oxygens (including phenoxy) is 1. The van der Waals surface area contributed by atoms with Gasteiger partial charge in [-0.2, -0.15) is 9.97 Å². The number of fused-ring (bicyclic) bond motifs is 1. The summed E-state index contributed by atoms with van der Waals surface area (Å²) in [5.74, 6) is 0.867. The Morgan fingerprint density at radius 1 is 1.18 bits per heavy atom. The second-order valence-electron chi connectivity index (χ2n) is 13.3. The van der Waals surface area contributed by atoms with Crippen LogP contribution in [0.2, 0.25) is 0 Å². The Labute approximate surface area is 281 Å². The van der Waals surface area contributed by atoms with E-state index in [0.717, 1.165) is 83.0 Å². The second kappa shape index (κ2) is 18.0. The van der Waals surface area contributed by atoms with Gasteiger partial charge < -0.3 is 20.3 Å². The van der Waals surface area contributed by atoms with Crippen molar-refractivity contribution in [2.45, 2.75) is 105 Å². The number of rotatable bonds is 16. The molecule has 250 valence electrons. The van der Waals surface area contributed by atoms with Crippen LogP contribution in [0.25, 0.3) is 11.6 Å². The third-order valence-corrected chi connectivity index (χ3v) is 9.22. The molecule has 8 nitrogen and oxygen atoms in total. The smallest absolute Gasteiger partial charge is 0.318 e. The minimum absolute atomic E-state index is 0.0861. The van der Waals surface area contributed by atoms with Crippen LogP contribution in [-0.4, -0.2) is 79.2 Å². The molecule has 1 aromatic heterocycles. The van der Waals surface area contributed by atoms with Crippen molar-refractivity contribution < 1.29 is 4.74 Å². The third kappa shape index (κ3) is 10.8. The fraction of sp³-hybridized carbons (Fsp3) is 0.667. The molecule has 9 heteroatoms. The van der Waals surface area contributed by atoms with E-state index >= 15 is 0 Å². The maximum atomic E-state index is 6.56. The molecule has 0 bridgehead atoms. The molecule has 0 aromatic carbocycles. The maximum Gasteiger partial charge on any atom is 0.318 e. The lowest BCUT2D eigenvalue weighted by molar-refractivity contribution is 0.126. The first kappa shape index (κ1) is 36.9. The summed E-state index contributed by atoms with van der Waals surface area (Å²) in [5, 5.41) is 0. The van der Waals surface area contributed by atoms with Gasteiger partial charge in [0.2, 0.25) is 0 Å². The van der Waals surface area contributed by atoms with E-state index in [4.69, 9.17) is 30.4 Å². The summed E-state index contributed by atoms with van der Waals surface area (Å²) in [5.41, 5.74) is 12.1. The number of nitrogens with two attached hydrogens (primary N) is 1. The van der Waals surface area contributed by atoms with Gasteiger partial charge >= 0.3 is 6.01 Å². The molecule has 2 N–H and O–H groups in total. The summed E-state index contributed by atoms with van der Waals surface area (Å²) < 4.78 is 7.50. The van der Waals surface area contributed by atoms with Crippen LogP contribution in [-0.2, 0) is 0 Å². The lowest BCUT2D eigenvalue weighted by atomic mass is 9.81. The van der Waals surface area contributed by atoms with Crippen LogP contribution >= 0.6 is 15.9 Å². The molecule has 0 saturated heterocycles. The van der Waals surface area contributed by atoms with Crippen LogP contribution in [0.3, 0.4) is 0 Å². The van der Waals surface area contributed by atoms with E-state index in [2.05, 4.69) is 79.4 Å². The highest BCUT2D eigenvalue weighted by Crippen LogP contribution is 2.40. The topological polar surface area (TPSA) is 92.2 Å². The first-order chi connectivity index (χ1) is 21.5. The quantitative estimate of drug-likeness (QED) is 0.177. The van der Waals surface area contributed by atoms with E-state index < -0.39 is 0 Å². The van der Waals surface area contributed by atoms with Crippen molar-refractivity contribution in [1.29, 1.82) is 0 Å². The summed E-state index contributed by atoms with van der Waals surface area (Å²) in [7, 11) is 4.05. The summed E-state index contributed by atoms with van der Waals surface area (Å²) in [4.78, 5) is 24.6. The number of allylic oxidation sites excluding steroid dienone is 3. The molecule has 1 aliphatic heterocycles. The van der Waals surface area contributed by atoms with Crippen LogP contribution < -0.4 is 15.4 Å². The third-order valence-electron chi connectivity index (χ3n) is 8.61. The first-order valence-corrected chi connectivity index (χ1v) is 17.9. The van der Waals surface area contributed by atoms with Crippen LogP contribution in [0.5, 0.6) is 6.01 Å². The van der Waals surface area contributed by atoms with Crippen LogP contribution in [0, 0.1) is 5.41 Å². The molecule has 2 unspecified atom stereocenters. The van der Waals surface area contributed by atoms with E-state index in [0.29, 0.717) is 25.7 Å². The summed E-state index contributed by atoms with van der Waals surface area (Å²) in [6.07, 6.45) is 16.5. The number of likely N-dealkylation sites (N-methyl/N-ethyl adjacent to an activating group) is 1. The van der Waals surface area contributed by atoms with Gasteiger partial charge in [0.15, 0.2) is 0 Å². The molecule has 2 heterocycles. The molecule has 0 saturated carbocycles. The second-order valence-corrected chi connectivity index (χ2v) is 14.1. The van der Waals surface area contributed by atoms with E-state index in [1.165, 1.54) is 32.1 Å². The van der Waals surface area contributed by atoms with Crippen molar-refractivity contribution in [1.82, 2.24) is 14.9 Å². The van der Waals surface area contributed by atoms with Crippen LogP contribution in [0.15, 0.2) is 32.3 Å². The number of nitrogens with zero attached hydrogens (tertiary/aromatic N) is 6. The monoisotopic (exact) mass is 683 g/mol. The van der Waals surface area contributed by atoms with E-state index in [1.54, 1.807) is 0 Å².